The van der Waals surface area contributed by atoms with Crippen LogP contribution in [0, 0.1) is 12.8 Å². The van der Waals surface area contributed by atoms with Gasteiger partial charge in [0.1, 0.15) is 10.5 Å². The largest absolute Gasteiger partial charge is 0.432 e. The van der Waals surface area contributed by atoms with Gasteiger partial charge in [0, 0.05) is 49.1 Å². The predicted molar refractivity (Wildman–Crippen MR) is 129 cm³/mol. The number of carbonyl (C=O) groups is 2. The van der Waals surface area contributed by atoms with Gasteiger partial charge in [0.2, 0.25) is 5.91 Å². The van der Waals surface area contributed by atoms with Crippen molar-refractivity contribution in [1.29, 1.82) is 0 Å². The Morgan fingerprint density at radius 3 is 2.94 bits per heavy atom. The van der Waals surface area contributed by atoms with Crippen LogP contribution < -0.4 is 5.32 Å². The quantitative estimate of drug-likeness (QED) is 0.463. The molecule has 1 N–H and O–H groups in total. The zero-order valence-corrected chi connectivity index (χ0v) is 19.7. The molecule has 0 saturated carbocycles. The molecule has 1 aliphatic heterocycles. The Kier molecular flexibility index (Phi) is 6.06. The van der Waals surface area contributed by atoms with E-state index in [1.165, 1.54) is 11.3 Å². The van der Waals surface area contributed by atoms with Crippen LogP contribution in [0.15, 0.2) is 46.6 Å². The molecule has 5 heterocycles. The minimum absolute atomic E-state index is 0. The fourth-order valence-electron chi connectivity index (χ4n) is 4.21. The maximum Gasteiger partial charge on any atom is 0.310 e. The van der Waals surface area contributed by atoms with Gasteiger partial charge in [-0.1, -0.05) is 0 Å². The first-order chi connectivity index (χ1) is 16.5. The number of likely N-dealkylation sites (tertiary alicyclic amines) is 1. The van der Waals surface area contributed by atoms with Crippen molar-refractivity contribution >= 4 is 34.3 Å². The summed E-state index contributed by atoms with van der Waals surface area (Å²) in [5.41, 5.74) is 3.80. The highest BCUT2D eigenvalue weighted by atomic mass is 32.1. The van der Waals surface area contributed by atoms with Crippen molar-refractivity contribution < 1.29 is 15.4 Å². The zero-order valence-electron chi connectivity index (χ0n) is 18.9. The second-order valence-corrected chi connectivity index (χ2v) is 9.33. The van der Waals surface area contributed by atoms with Gasteiger partial charge in [-0.2, -0.15) is 0 Å². The lowest BCUT2D eigenvalue weighted by Crippen LogP contribution is -2.51. The van der Waals surface area contributed by atoms with Crippen LogP contribution in [0.2, 0.25) is 0 Å². The van der Waals surface area contributed by atoms with Crippen LogP contribution in [-0.4, -0.2) is 49.2 Å². The molecular weight excluding hydrogens is 452 g/mol. The van der Waals surface area contributed by atoms with Crippen LogP contribution in [0.3, 0.4) is 0 Å². The summed E-state index contributed by atoms with van der Waals surface area (Å²) in [6.07, 6.45) is 6.40. The van der Waals surface area contributed by atoms with E-state index in [0.717, 1.165) is 28.4 Å². The monoisotopic (exact) mass is 478 g/mol. The number of aromatic nitrogens is 4. The average molecular weight is 479 g/mol. The molecule has 4 aromatic rings. The molecule has 5 rings (SSSR count). The topological polar surface area (TPSA) is 114 Å². The molecule has 4 aromatic heterocycles. The summed E-state index contributed by atoms with van der Waals surface area (Å²) in [6, 6.07) is 5.34. The second-order valence-electron chi connectivity index (χ2n) is 8.38. The van der Waals surface area contributed by atoms with E-state index in [9.17, 15) is 9.59 Å². The molecule has 176 valence electrons. The Balaban J connectivity index is 0.00000289. The summed E-state index contributed by atoms with van der Waals surface area (Å²) in [7, 11) is 0. The first-order valence-electron chi connectivity index (χ1n) is 11.2. The number of amides is 2. The third-order valence-corrected chi connectivity index (χ3v) is 6.98. The number of rotatable bonds is 5. The molecule has 0 unspecified atom stereocenters. The Bertz CT molecular complexity index is 1310. The SMILES string of the molecule is Cc1ccc(-c2csc(CNC(=O)[C@@H]3CCCN(C(=O)c4nc5cnccc5o4)[C@@H]3C)n2)cn1.[HH]. The Hall–Kier alpha value is -3.66. The number of aryl methyl sites for hydroxylation is 1. The van der Waals surface area contributed by atoms with E-state index in [0.29, 0.717) is 30.6 Å². The number of hydrogen-bond donors (Lipinski definition) is 1. The molecule has 1 fully saturated rings. The van der Waals surface area contributed by atoms with Crippen molar-refractivity contribution in [2.45, 2.75) is 39.3 Å². The first kappa shape index (κ1) is 22.1. The maximum absolute atomic E-state index is 13.1. The van der Waals surface area contributed by atoms with Crippen LogP contribution in [-0.2, 0) is 11.3 Å². The lowest BCUT2D eigenvalue weighted by molar-refractivity contribution is -0.128. The molecule has 0 aromatic carbocycles. The normalized spacial score (nSPS) is 18.2. The third kappa shape index (κ3) is 4.41. The fraction of sp³-hybridized carbons (Fsp3) is 0.333. The highest BCUT2D eigenvalue weighted by molar-refractivity contribution is 7.09. The predicted octanol–water partition coefficient (Wildman–Crippen LogP) is 3.85. The fourth-order valence-corrected chi connectivity index (χ4v) is 4.96. The summed E-state index contributed by atoms with van der Waals surface area (Å²) >= 11 is 1.50. The maximum atomic E-state index is 13.1. The minimum Gasteiger partial charge on any atom is -0.432 e. The standard InChI is InChI=1S/C24H24N6O3S.H2/c1-14-5-6-16(10-26-14)19-13-34-21(28-19)12-27-22(31)17-4-3-9-30(15(17)2)24(32)23-29-18-11-25-8-7-20(18)33-23;/h5-8,10-11,13,15,17H,3-4,9,12H2,1-2H3,(H,27,31);1H/t15-,17-;/m1./s1. The molecule has 0 bridgehead atoms. The molecule has 34 heavy (non-hydrogen) atoms. The van der Waals surface area contributed by atoms with E-state index in [1.807, 2.05) is 31.4 Å². The van der Waals surface area contributed by atoms with Crippen LogP contribution in [0.4, 0.5) is 0 Å². The van der Waals surface area contributed by atoms with Crippen molar-refractivity contribution in [2.24, 2.45) is 5.92 Å². The minimum atomic E-state index is -0.315. The molecular formula is C24H26N6O3S. The van der Waals surface area contributed by atoms with E-state index in [4.69, 9.17) is 4.42 Å². The smallest absolute Gasteiger partial charge is 0.310 e. The summed E-state index contributed by atoms with van der Waals surface area (Å²) < 4.78 is 5.62. The second kappa shape index (κ2) is 9.30. The molecule has 10 heteroatoms. The Morgan fingerprint density at radius 2 is 2.15 bits per heavy atom. The molecule has 9 nitrogen and oxygen atoms in total. The number of piperidine rings is 1. The molecule has 0 spiro atoms. The zero-order chi connectivity index (χ0) is 23.7. The number of carbonyl (C=O) groups excluding carboxylic acids is 2. The summed E-state index contributed by atoms with van der Waals surface area (Å²) in [6.45, 7) is 4.74. The number of nitrogens with one attached hydrogen (secondary N) is 1. The van der Waals surface area contributed by atoms with Gasteiger partial charge in [0.25, 0.3) is 5.89 Å². The van der Waals surface area contributed by atoms with E-state index in [1.54, 1.807) is 29.6 Å². The van der Waals surface area contributed by atoms with E-state index in [2.05, 4.69) is 25.3 Å². The summed E-state index contributed by atoms with van der Waals surface area (Å²) in [5, 5.41) is 5.79. The molecule has 0 radical (unpaired) electrons. The average Bonchev–Trinajstić information content (AvgIpc) is 3.50. The molecule has 2 amide bonds. The number of nitrogens with zero attached hydrogens (tertiary/aromatic N) is 5. The van der Waals surface area contributed by atoms with Gasteiger partial charge in [0.05, 0.1) is 24.4 Å². The van der Waals surface area contributed by atoms with Gasteiger partial charge in [-0.05, 0) is 38.8 Å². The van der Waals surface area contributed by atoms with Gasteiger partial charge >= 0.3 is 5.91 Å². The molecule has 1 aliphatic rings. The third-order valence-electron chi connectivity index (χ3n) is 6.13. The number of fused-ring (bicyclic) bond motifs is 1. The number of hydrogen-bond acceptors (Lipinski definition) is 8. The van der Waals surface area contributed by atoms with Crippen LogP contribution in [0.25, 0.3) is 22.4 Å². The lowest BCUT2D eigenvalue weighted by atomic mass is 9.89. The summed E-state index contributed by atoms with van der Waals surface area (Å²) in [4.78, 5) is 45.0. The van der Waals surface area contributed by atoms with Gasteiger partial charge in [-0.25, -0.2) is 9.97 Å². The summed E-state index contributed by atoms with van der Waals surface area (Å²) in [5.74, 6) is -0.681. The van der Waals surface area contributed by atoms with Gasteiger partial charge in [-0.15, -0.1) is 11.3 Å². The number of pyridine rings is 2. The van der Waals surface area contributed by atoms with Crippen LogP contribution in [0.5, 0.6) is 0 Å². The van der Waals surface area contributed by atoms with Gasteiger partial charge < -0.3 is 14.6 Å². The van der Waals surface area contributed by atoms with Crippen LogP contribution >= 0.6 is 11.3 Å². The van der Waals surface area contributed by atoms with E-state index >= 15 is 0 Å². The van der Waals surface area contributed by atoms with E-state index in [-0.39, 0.29) is 31.1 Å². The van der Waals surface area contributed by atoms with Gasteiger partial charge in [0.15, 0.2) is 5.58 Å². The van der Waals surface area contributed by atoms with Gasteiger partial charge in [-0.3, -0.25) is 19.6 Å². The number of thiazole rings is 1. The molecule has 0 aliphatic carbocycles. The Morgan fingerprint density at radius 1 is 1.26 bits per heavy atom. The number of oxazole rings is 1. The van der Waals surface area contributed by atoms with Crippen LogP contribution in [0.1, 0.15) is 42.6 Å². The van der Waals surface area contributed by atoms with Crippen molar-refractivity contribution in [2.75, 3.05) is 6.54 Å². The molecule has 1 saturated heterocycles. The highest BCUT2D eigenvalue weighted by Gasteiger charge is 2.37. The van der Waals surface area contributed by atoms with E-state index < -0.39 is 0 Å². The van der Waals surface area contributed by atoms with Crippen molar-refractivity contribution in [3.05, 3.63) is 58.8 Å². The highest BCUT2D eigenvalue weighted by Crippen LogP contribution is 2.27. The first-order valence-corrected chi connectivity index (χ1v) is 12.0. The molecule has 2 atom stereocenters. The lowest BCUT2D eigenvalue weighted by Gasteiger charge is -2.37. The van der Waals surface area contributed by atoms with Crippen molar-refractivity contribution in [3.63, 3.8) is 0 Å². The van der Waals surface area contributed by atoms with Crippen molar-refractivity contribution in [1.82, 2.24) is 30.2 Å². The Labute approximate surface area is 201 Å². The van der Waals surface area contributed by atoms with Crippen molar-refractivity contribution in [3.8, 4) is 11.3 Å².